The third-order valence-electron chi connectivity index (χ3n) is 2.74. The number of carbonyl (C=O) groups is 1. The van der Waals surface area contributed by atoms with Gasteiger partial charge in [-0.25, -0.2) is 4.39 Å². The van der Waals surface area contributed by atoms with Crippen LogP contribution in [-0.2, 0) is 0 Å². The molecule has 0 aliphatic rings. The van der Waals surface area contributed by atoms with Gasteiger partial charge in [-0.3, -0.25) is 4.79 Å². The molecule has 2 aromatic rings. The van der Waals surface area contributed by atoms with Crippen LogP contribution in [0, 0.1) is 5.82 Å². The highest BCUT2D eigenvalue weighted by molar-refractivity contribution is 7.21. The van der Waals surface area contributed by atoms with E-state index in [2.05, 4.69) is 5.32 Å². The molecule has 0 aliphatic carbocycles. The summed E-state index contributed by atoms with van der Waals surface area (Å²) in [5.41, 5.74) is 0. The molecular weight excluding hydrogens is 289 g/mol. The van der Waals surface area contributed by atoms with E-state index in [1.54, 1.807) is 13.0 Å². The Bertz CT molecular complexity index is 614. The number of amides is 1. The lowest BCUT2D eigenvalue weighted by atomic mass is 10.2. The van der Waals surface area contributed by atoms with Crippen molar-refractivity contribution in [1.29, 1.82) is 0 Å². The van der Waals surface area contributed by atoms with Crippen molar-refractivity contribution >= 4 is 38.9 Å². The Labute approximate surface area is 119 Å². The van der Waals surface area contributed by atoms with E-state index in [4.69, 9.17) is 16.7 Å². The fourth-order valence-electron chi connectivity index (χ4n) is 1.74. The molecule has 2 rings (SSSR count). The number of nitrogens with one attached hydrogen (secondary N) is 1. The van der Waals surface area contributed by atoms with E-state index < -0.39 is 0 Å². The number of hydrogen-bond donors (Lipinski definition) is 2. The minimum absolute atomic E-state index is 0.00675. The van der Waals surface area contributed by atoms with Crippen LogP contribution in [0.1, 0.15) is 23.0 Å². The molecule has 1 amide bonds. The Morgan fingerprint density at radius 1 is 1.58 bits per heavy atom. The van der Waals surface area contributed by atoms with Crippen LogP contribution in [0.4, 0.5) is 4.39 Å². The quantitative estimate of drug-likeness (QED) is 0.911. The van der Waals surface area contributed by atoms with Crippen molar-refractivity contribution in [2.24, 2.45) is 0 Å². The summed E-state index contributed by atoms with van der Waals surface area (Å²) in [7, 11) is 0. The first kappa shape index (κ1) is 14.2. The summed E-state index contributed by atoms with van der Waals surface area (Å²) in [5, 5.41) is 12.6. The van der Waals surface area contributed by atoms with Gasteiger partial charge in [-0.15, -0.1) is 11.3 Å². The maximum Gasteiger partial charge on any atom is 0.263 e. The Hall–Kier alpha value is -1.17. The molecule has 0 fully saturated rings. The number of benzene rings is 1. The van der Waals surface area contributed by atoms with Crippen LogP contribution in [0.5, 0.6) is 0 Å². The SMILES string of the molecule is CC(CCO)NC(=O)c1sc2cc(F)ccc2c1Cl. The molecular formula is C13H13ClFNO2S. The van der Waals surface area contributed by atoms with E-state index in [9.17, 15) is 9.18 Å². The molecule has 1 aromatic carbocycles. The third-order valence-corrected chi connectivity index (χ3v) is 4.39. The van der Waals surface area contributed by atoms with E-state index >= 15 is 0 Å². The number of halogens is 2. The van der Waals surface area contributed by atoms with Crippen molar-refractivity contribution in [1.82, 2.24) is 5.32 Å². The predicted molar refractivity (Wildman–Crippen MR) is 75.4 cm³/mol. The summed E-state index contributed by atoms with van der Waals surface area (Å²) in [6.45, 7) is 1.81. The molecule has 1 heterocycles. The number of thiophene rings is 1. The molecule has 0 saturated carbocycles. The topological polar surface area (TPSA) is 49.3 Å². The first-order valence-electron chi connectivity index (χ1n) is 5.82. The second-order valence-electron chi connectivity index (χ2n) is 4.27. The molecule has 6 heteroatoms. The van der Waals surface area contributed by atoms with Gasteiger partial charge in [-0.2, -0.15) is 0 Å². The van der Waals surface area contributed by atoms with Crippen LogP contribution in [0.15, 0.2) is 18.2 Å². The Morgan fingerprint density at radius 3 is 3.00 bits per heavy atom. The van der Waals surface area contributed by atoms with Crippen LogP contribution in [-0.4, -0.2) is 23.7 Å². The van der Waals surface area contributed by atoms with Crippen LogP contribution >= 0.6 is 22.9 Å². The molecule has 3 nitrogen and oxygen atoms in total. The summed E-state index contributed by atoms with van der Waals surface area (Å²) < 4.78 is 13.8. The number of rotatable bonds is 4. The van der Waals surface area contributed by atoms with Crippen LogP contribution in [0.3, 0.4) is 0 Å². The molecule has 1 unspecified atom stereocenters. The number of aliphatic hydroxyl groups is 1. The Kier molecular flexibility index (Phi) is 4.39. The second kappa shape index (κ2) is 5.86. The summed E-state index contributed by atoms with van der Waals surface area (Å²) in [5.74, 6) is -0.654. The number of fused-ring (bicyclic) bond motifs is 1. The van der Waals surface area contributed by atoms with E-state index in [1.165, 1.54) is 12.1 Å². The number of aliphatic hydroxyl groups excluding tert-OH is 1. The summed E-state index contributed by atoms with van der Waals surface area (Å²) >= 11 is 7.30. The second-order valence-corrected chi connectivity index (χ2v) is 5.70. The summed E-state index contributed by atoms with van der Waals surface area (Å²) in [4.78, 5) is 12.4. The lowest BCUT2D eigenvalue weighted by Crippen LogP contribution is -2.32. The zero-order valence-corrected chi connectivity index (χ0v) is 11.8. The third kappa shape index (κ3) is 3.05. The molecule has 1 aromatic heterocycles. The van der Waals surface area contributed by atoms with Gasteiger partial charge in [-0.05, 0) is 31.5 Å². The van der Waals surface area contributed by atoms with Crippen molar-refractivity contribution in [3.63, 3.8) is 0 Å². The van der Waals surface area contributed by atoms with Gasteiger partial charge in [0.25, 0.3) is 5.91 Å². The predicted octanol–water partition coefficient (Wildman–Crippen LogP) is 3.19. The zero-order chi connectivity index (χ0) is 14.0. The van der Waals surface area contributed by atoms with Crippen molar-refractivity contribution < 1.29 is 14.3 Å². The highest BCUT2D eigenvalue weighted by atomic mass is 35.5. The molecule has 1 atom stereocenters. The van der Waals surface area contributed by atoms with Crippen molar-refractivity contribution in [2.45, 2.75) is 19.4 Å². The average molecular weight is 302 g/mol. The molecule has 102 valence electrons. The maximum absolute atomic E-state index is 13.1. The van der Waals surface area contributed by atoms with Gasteiger partial charge in [0.05, 0.1) is 5.02 Å². The smallest absolute Gasteiger partial charge is 0.263 e. The van der Waals surface area contributed by atoms with E-state index in [0.717, 1.165) is 11.3 Å². The molecule has 0 aliphatic heterocycles. The van der Waals surface area contributed by atoms with E-state index in [0.29, 0.717) is 26.4 Å². The first-order chi connectivity index (χ1) is 9.02. The first-order valence-corrected chi connectivity index (χ1v) is 7.01. The van der Waals surface area contributed by atoms with Crippen molar-refractivity contribution in [3.05, 3.63) is 33.9 Å². The minimum Gasteiger partial charge on any atom is -0.396 e. The van der Waals surface area contributed by atoms with Crippen molar-refractivity contribution in [3.8, 4) is 0 Å². The highest BCUT2D eigenvalue weighted by Gasteiger charge is 2.18. The van der Waals surface area contributed by atoms with Gasteiger partial charge in [-0.1, -0.05) is 11.6 Å². The van der Waals surface area contributed by atoms with Gasteiger partial charge in [0.2, 0.25) is 0 Å². The largest absolute Gasteiger partial charge is 0.396 e. The van der Waals surface area contributed by atoms with Crippen molar-refractivity contribution in [2.75, 3.05) is 6.61 Å². The molecule has 0 saturated heterocycles. The van der Waals surface area contributed by atoms with Gasteiger partial charge < -0.3 is 10.4 Å². The Morgan fingerprint density at radius 2 is 2.32 bits per heavy atom. The molecule has 0 radical (unpaired) electrons. The van der Waals surface area contributed by atoms with E-state index in [1.807, 2.05) is 0 Å². The normalized spacial score (nSPS) is 12.6. The van der Waals surface area contributed by atoms with Crippen LogP contribution < -0.4 is 5.32 Å². The molecule has 0 spiro atoms. The molecule has 0 bridgehead atoms. The lowest BCUT2D eigenvalue weighted by molar-refractivity contribution is 0.0938. The van der Waals surface area contributed by atoms with Gasteiger partial charge in [0, 0.05) is 22.7 Å². The average Bonchev–Trinajstić information content (AvgIpc) is 2.66. The van der Waals surface area contributed by atoms with Gasteiger partial charge >= 0.3 is 0 Å². The standard InChI is InChI=1S/C13H13ClFNO2S/c1-7(4-5-17)16-13(18)12-11(14)9-3-2-8(15)6-10(9)19-12/h2-3,6-7,17H,4-5H2,1H3,(H,16,18). The van der Waals surface area contributed by atoms with Crippen LogP contribution in [0.25, 0.3) is 10.1 Å². The lowest BCUT2D eigenvalue weighted by Gasteiger charge is -2.11. The zero-order valence-electron chi connectivity index (χ0n) is 10.2. The van der Waals surface area contributed by atoms with Gasteiger partial charge in [0.15, 0.2) is 0 Å². The summed E-state index contributed by atoms with van der Waals surface area (Å²) in [6, 6.07) is 4.10. The highest BCUT2D eigenvalue weighted by Crippen LogP contribution is 2.35. The molecule has 19 heavy (non-hydrogen) atoms. The maximum atomic E-state index is 13.1. The number of hydrogen-bond acceptors (Lipinski definition) is 3. The summed E-state index contributed by atoms with van der Waals surface area (Å²) in [6.07, 6.45) is 0.475. The fraction of sp³-hybridized carbons (Fsp3) is 0.308. The molecule has 2 N–H and O–H groups in total. The monoisotopic (exact) mass is 301 g/mol. The number of carbonyl (C=O) groups excluding carboxylic acids is 1. The Balaban J connectivity index is 2.29. The minimum atomic E-state index is -0.356. The van der Waals surface area contributed by atoms with Crippen LogP contribution in [0.2, 0.25) is 5.02 Å². The van der Waals surface area contributed by atoms with Gasteiger partial charge in [0.1, 0.15) is 10.7 Å². The van der Waals surface area contributed by atoms with E-state index in [-0.39, 0.29) is 24.4 Å². The fourth-order valence-corrected chi connectivity index (χ4v) is 3.19.